The van der Waals surface area contributed by atoms with Gasteiger partial charge < -0.3 is 20.1 Å². The number of nitrogens with one attached hydrogen (secondary N) is 2. The van der Waals surface area contributed by atoms with Crippen LogP contribution in [0.5, 0.6) is 5.75 Å². The minimum absolute atomic E-state index is 0.0326. The number of aliphatic hydroxyl groups is 1. The first-order valence-corrected chi connectivity index (χ1v) is 12.2. The normalized spacial score (nSPS) is 16.4. The topological polar surface area (TPSA) is 111 Å². The van der Waals surface area contributed by atoms with Gasteiger partial charge in [0.05, 0.1) is 31.0 Å². The first-order valence-electron chi connectivity index (χ1n) is 12.2. The molecule has 0 aliphatic carbocycles. The molecule has 0 saturated carbocycles. The minimum Gasteiger partial charge on any atom is -0.484 e. The van der Waals surface area contributed by atoms with E-state index in [1.54, 1.807) is 12.3 Å². The van der Waals surface area contributed by atoms with E-state index >= 15 is 0 Å². The molecular formula is C26H25F4N5O4. The highest BCUT2D eigenvalue weighted by molar-refractivity contribution is 5.95. The molecule has 0 spiro atoms. The Kier molecular flexibility index (Phi) is 7.17. The fourth-order valence-corrected chi connectivity index (χ4v) is 4.71. The number of carbonyl (C=O) groups excluding carboxylic acids is 2. The smallest absolute Gasteiger partial charge is 0.322 e. The van der Waals surface area contributed by atoms with Crippen LogP contribution in [-0.4, -0.2) is 70.9 Å². The Balaban J connectivity index is 1.29. The van der Waals surface area contributed by atoms with E-state index < -0.39 is 55.2 Å². The van der Waals surface area contributed by atoms with E-state index in [2.05, 4.69) is 15.5 Å². The molecule has 3 N–H and O–H groups in total. The molecule has 5 rings (SSSR count). The summed E-state index contributed by atoms with van der Waals surface area (Å²) in [4.78, 5) is 27.6. The highest BCUT2D eigenvalue weighted by atomic mass is 19.3. The van der Waals surface area contributed by atoms with Crippen LogP contribution in [-0.2, 0) is 11.2 Å². The van der Waals surface area contributed by atoms with E-state index in [0.717, 1.165) is 22.6 Å². The lowest BCUT2D eigenvalue weighted by Crippen LogP contribution is -2.59. The number of aromatic nitrogens is 2. The summed E-state index contributed by atoms with van der Waals surface area (Å²) < 4.78 is 60.6. The van der Waals surface area contributed by atoms with Gasteiger partial charge >= 0.3 is 6.03 Å². The summed E-state index contributed by atoms with van der Waals surface area (Å²) in [6, 6.07) is 5.12. The van der Waals surface area contributed by atoms with Crippen molar-refractivity contribution in [1.82, 2.24) is 20.4 Å². The number of amides is 3. The van der Waals surface area contributed by atoms with Crippen molar-refractivity contribution in [3.8, 4) is 16.9 Å². The van der Waals surface area contributed by atoms with Gasteiger partial charge in [-0.1, -0.05) is 0 Å². The number of rotatable bonds is 8. The number of hydrogen-bond acceptors (Lipinski definition) is 5. The maximum atomic E-state index is 14.9. The Morgan fingerprint density at radius 1 is 1.18 bits per heavy atom. The number of aromatic amines is 1. The average Bonchev–Trinajstić information content (AvgIpc) is 3.55. The lowest BCUT2D eigenvalue weighted by atomic mass is 10.0. The number of benzene rings is 2. The van der Waals surface area contributed by atoms with Gasteiger partial charge in [-0.05, 0) is 48.2 Å². The van der Waals surface area contributed by atoms with Gasteiger partial charge in [0.2, 0.25) is 0 Å². The van der Waals surface area contributed by atoms with Crippen LogP contribution in [0.4, 0.5) is 28.0 Å². The molecule has 3 aromatic rings. The van der Waals surface area contributed by atoms with E-state index in [0.29, 0.717) is 23.2 Å². The van der Waals surface area contributed by atoms with Crippen LogP contribution in [0.2, 0.25) is 0 Å². The van der Waals surface area contributed by atoms with Gasteiger partial charge in [0, 0.05) is 36.5 Å². The van der Waals surface area contributed by atoms with Crippen molar-refractivity contribution >= 4 is 17.6 Å². The van der Waals surface area contributed by atoms with Gasteiger partial charge in [0.15, 0.2) is 6.61 Å². The molecule has 0 unspecified atom stereocenters. The van der Waals surface area contributed by atoms with Crippen molar-refractivity contribution in [1.29, 1.82) is 0 Å². The van der Waals surface area contributed by atoms with E-state index in [-0.39, 0.29) is 30.9 Å². The molecule has 9 nitrogen and oxygen atoms in total. The van der Waals surface area contributed by atoms with Crippen LogP contribution in [0.25, 0.3) is 11.1 Å². The van der Waals surface area contributed by atoms with Crippen LogP contribution in [0, 0.1) is 11.6 Å². The molecule has 0 radical (unpaired) electrons. The third kappa shape index (κ3) is 5.67. The number of hydrogen-bond donors (Lipinski definition) is 3. The maximum Gasteiger partial charge on any atom is 0.322 e. The summed E-state index contributed by atoms with van der Waals surface area (Å²) in [5.74, 6) is -4.86. The fraction of sp³-hybridized carbons (Fsp3) is 0.346. The first-order chi connectivity index (χ1) is 18.6. The lowest BCUT2D eigenvalue weighted by Gasteiger charge is -2.38. The van der Waals surface area contributed by atoms with Crippen molar-refractivity contribution in [2.24, 2.45) is 0 Å². The van der Waals surface area contributed by atoms with Gasteiger partial charge in [0.25, 0.3) is 11.8 Å². The molecule has 1 fully saturated rings. The predicted molar refractivity (Wildman–Crippen MR) is 131 cm³/mol. The van der Waals surface area contributed by atoms with Crippen LogP contribution in [0.1, 0.15) is 23.6 Å². The molecule has 2 aliphatic rings. The van der Waals surface area contributed by atoms with E-state index in [1.165, 1.54) is 23.2 Å². The standard InChI is InChI=1S/C26H25F4N5O4/c27-18-5-16(6-19(8-18)39-12-24(37)34-13-26(29,30)14-34)22(2-4-36)33-25(38)35-3-1-15-7-20(17-10-31-32-11-17)21(28)9-23(15)35/h5-11,22,36H,1-4,12-14H2,(H,31,32)(H,33,38)/t22-/m1/s1. The predicted octanol–water partition coefficient (Wildman–Crippen LogP) is 3.41. The number of likely N-dealkylation sites (tertiary alicyclic amines) is 1. The molecule has 3 heterocycles. The summed E-state index contributed by atoms with van der Waals surface area (Å²) in [6.07, 6.45) is 3.60. The summed E-state index contributed by atoms with van der Waals surface area (Å²) in [6.45, 7) is -1.99. The number of nitrogens with zero attached hydrogens (tertiary/aromatic N) is 3. The van der Waals surface area contributed by atoms with E-state index in [4.69, 9.17) is 4.74 Å². The Morgan fingerprint density at radius 3 is 2.67 bits per heavy atom. The van der Waals surface area contributed by atoms with Crippen molar-refractivity contribution in [3.63, 3.8) is 0 Å². The number of fused-ring (bicyclic) bond motifs is 1. The van der Waals surface area contributed by atoms with Crippen LogP contribution in [0.15, 0.2) is 42.7 Å². The van der Waals surface area contributed by atoms with Crippen LogP contribution >= 0.6 is 0 Å². The Bertz CT molecular complexity index is 1380. The second-order valence-electron chi connectivity index (χ2n) is 9.48. The summed E-state index contributed by atoms with van der Waals surface area (Å²) in [5, 5.41) is 18.8. The molecule has 1 aromatic heterocycles. The quantitative estimate of drug-likeness (QED) is 0.375. The number of alkyl halides is 2. The Morgan fingerprint density at radius 2 is 1.97 bits per heavy atom. The Hall–Kier alpha value is -4.13. The molecule has 2 aliphatic heterocycles. The molecule has 0 bridgehead atoms. The van der Waals surface area contributed by atoms with Gasteiger partial charge in [-0.3, -0.25) is 14.8 Å². The van der Waals surface area contributed by atoms with E-state index in [1.807, 2.05) is 0 Å². The second-order valence-corrected chi connectivity index (χ2v) is 9.48. The van der Waals surface area contributed by atoms with Crippen LogP contribution in [0.3, 0.4) is 0 Å². The molecule has 39 heavy (non-hydrogen) atoms. The number of urea groups is 1. The second kappa shape index (κ2) is 10.6. The van der Waals surface area contributed by atoms with Gasteiger partial charge in [-0.15, -0.1) is 0 Å². The highest BCUT2D eigenvalue weighted by Crippen LogP contribution is 2.35. The number of aliphatic hydroxyl groups excluding tert-OH is 1. The van der Waals surface area contributed by atoms with Gasteiger partial charge in [0.1, 0.15) is 17.4 Å². The third-order valence-corrected chi connectivity index (χ3v) is 6.69. The fourth-order valence-electron chi connectivity index (χ4n) is 4.71. The maximum absolute atomic E-state index is 14.9. The largest absolute Gasteiger partial charge is 0.484 e. The summed E-state index contributed by atoms with van der Waals surface area (Å²) in [5.41, 5.74) is 2.37. The van der Waals surface area contributed by atoms with Crippen molar-refractivity contribution in [2.45, 2.75) is 24.8 Å². The highest BCUT2D eigenvalue weighted by Gasteiger charge is 2.46. The van der Waals surface area contributed by atoms with Crippen molar-refractivity contribution < 1.29 is 37.0 Å². The van der Waals surface area contributed by atoms with Gasteiger partial charge in [-0.2, -0.15) is 5.10 Å². The zero-order valence-electron chi connectivity index (χ0n) is 20.6. The summed E-state index contributed by atoms with van der Waals surface area (Å²) >= 11 is 0. The van der Waals surface area contributed by atoms with E-state index in [9.17, 15) is 32.3 Å². The number of ether oxygens (including phenoxy) is 1. The molecule has 3 amide bonds. The number of H-pyrrole nitrogens is 1. The molecular weight excluding hydrogens is 522 g/mol. The SMILES string of the molecule is O=C(COc1cc(F)cc([C@@H](CCO)NC(=O)N2CCc3cc(-c4cn[nH]c4)c(F)cc32)c1)N1CC(F)(F)C1. The van der Waals surface area contributed by atoms with Crippen molar-refractivity contribution in [2.75, 3.05) is 37.7 Å². The molecule has 2 aromatic carbocycles. The summed E-state index contributed by atoms with van der Waals surface area (Å²) in [7, 11) is 0. The minimum atomic E-state index is -2.92. The first kappa shape index (κ1) is 26.5. The lowest BCUT2D eigenvalue weighted by molar-refractivity contribution is -0.167. The zero-order chi connectivity index (χ0) is 27.7. The van der Waals surface area contributed by atoms with Crippen LogP contribution < -0.4 is 15.0 Å². The molecule has 1 atom stereocenters. The number of halogens is 4. The Labute approximate surface area is 220 Å². The molecule has 1 saturated heterocycles. The number of carbonyl (C=O) groups is 2. The number of anilines is 1. The van der Waals surface area contributed by atoms with Crippen molar-refractivity contribution in [3.05, 3.63) is 65.5 Å². The molecule has 206 valence electrons. The van der Waals surface area contributed by atoms with Gasteiger partial charge in [-0.25, -0.2) is 22.4 Å². The zero-order valence-corrected chi connectivity index (χ0v) is 20.6. The third-order valence-electron chi connectivity index (χ3n) is 6.69. The average molecular weight is 548 g/mol. The molecule has 13 heteroatoms. The monoisotopic (exact) mass is 547 g/mol.